The van der Waals surface area contributed by atoms with Gasteiger partial charge in [0.15, 0.2) is 0 Å². The van der Waals surface area contributed by atoms with E-state index >= 15 is 0 Å². The number of nitrogens with one attached hydrogen (secondary N) is 2. The van der Waals surface area contributed by atoms with Gasteiger partial charge in [0.25, 0.3) is 5.91 Å². The second-order valence-corrected chi connectivity index (χ2v) is 5.55. The van der Waals surface area contributed by atoms with Gasteiger partial charge in [-0.15, -0.1) is 0 Å². The molecular formula is C16H24N2O3. The molecule has 5 heteroatoms. The van der Waals surface area contributed by atoms with E-state index in [9.17, 15) is 4.79 Å². The van der Waals surface area contributed by atoms with E-state index < -0.39 is 0 Å². The van der Waals surface area contributed by atoms with Crippen molar-refractivity contribution in [3.63, 3.8) is 0 Å². The molecule has 0 aromatic heterocycles. The fourth-order valence-corrected chi connectivity index (χ4v) is 2.84. The maximum atomic E-state index is 12.6. The maximum Gasteiger partial charge on any atom is 0.259 e. The summed E-state index contributed by atoms with van der Waals surface area (Å²) in [6, 6.07) is 6.20. The van der Waals surface area contributed by atoms with Crippen molar-refractivity contribution in [2.75, 3.05) is 14.2 Å². The molecule has 1 aromatic carbocycles. The molecule has 2 rings (SSSR count). The standard InChI is InChI=1S/C16H24N2O3/c1-10-8-9-12(11(2)17-10)18-16(19)15-13(20-3)6-5-7-14(15)21-4/h5-7,10-12,17H,8-9H2,1-4H3,(H,18,19). The first-order chi connectivity index (χ1) is 10.1. The zero-order valence-electron chi connectivity index (χ0n) is 13.1. The average molecular weight is 292 g/mol. The van der Waals surface area contributed by atoms with Gasteiger partial charge in [0.1, 0.15) is 17.1 Å². The van der Waals surface area contributed by atoms with E-state index in [1.54, 1.807) is 32.4 Å². The number of benzene rings is 1. The van der Waals surface area contributed by atoms with Crippen LogP contribution in [0.2, 0.25) is 0 Å². The molecule has 3 unspecified atom stereocenters. The molecule has 0 spiro atoms. The van der Waals surface area contributed by atoms with Crippen molar-refractivity contribution in [1.29, 1.82) is 0 Å². The monoisotopic (exact) mass is 292 g/mol. The molecule has 2 N–H and O–H groups in total. The van der Waals surface area contributed by atoms with Crippen molar-refractivity contribution in [1.82, 2.24) is 10.6 Å². The summed E-state index contributed by atoms with van der Waals surface area (Å²) in [5, 5.41) is 6.56. The molecule has 0 aliphatic carbocycles. The fourth-order valence-electron chi connectivity index (χ4n) is 2.84. The van der Waals surface area contributed by atoms with Crippen molar-refractivity contribution < 1.29 is 14.3 Å². The summed E-state index contributed by atoms with van der Waals surface area (Å²) in [4.78, 5) is 12.6. The number of carbonyl (C=O) groups is 1. The Morgan fingerprint density at radius 1 is 1.19 bits per heavy atom. The Morgan fingerprint density at radius 3 is 2.33 bits per heavy atom. The molecular weight excluding hydrogens is 268 g/mol. The van der Waals surface area contributed by atoms with E-state index in [1.807, 2.05) is 0 Å². The first-order valence-corrected chi connectivity index (χ1v) is 7.34. The largest absolute Gasteiger partial charge is 0.496 e. The maximum absolute atomic E-state index is 12.6. The van der Waals surface area contributed by atoms with Gasteiger partial charge >= 0.3 is 0 Å². The van der Waals surface area contributed by atoms with Crippen LogP contribution in [0.25, 0.3) is 0 Å². The third-order valence-electron chi connectivity index (χ3n) is 4.03. The molecule has 3 atom stereocenters. The first kappa shape index (κ1) is 15.6. The summed E-state index contributed by atoms with van der Waals surface area (Å²) >= 11 is 0. The van der Waals surface area contributed by atoms with Crippen molar-refractivity contribution >= 4 is 5.91 Å². The zero-order chi connectivity index (χ0) is 15.4. The van der Waals surface area contributed by atoms with Crippen LogP contribution in [0.15, 0.2) is 18.2 Å². The molecule has 21 heavy (non-hydrogen) atoms. The van der Waals surface area contributed by atoms with E-state index in [1.165, 1.54) is 0 Å². The molecule has 0 saturated carbocycles. The second kappa shape index (κ2) is 6.80. The van der Waals surface area contributed by atoms with Crippen molar-refractivity contribution in [2.45, 2.75) is 44.8 Å². The molecule has 1 heterocycles. The van der Waals surface area contributed by atoms with Gasteiger partial charge in [-0.1, -0.05) is 6.07 Å². The number of hydrogen-bond donors (Lipinski definition) is 2. The van der Waals surface area contributed by atoms with Crippen LogP contribution in [0, 0.1) is 0 Å². The first-order valence-electron chi connectivity index (χ1n) is 7.34. The van der Waals surface area contributed by atoms with Crippen LogP contribution in [-0.4, -0.2) is 38.3 Å². The second-order valence-electron chi connectivity index (χ2n) is 5.55. The van der Waals surface area contributed by atoms with Crippen LogP contribution in [0.1, 0.15) is 37.0 Å². The molecule has 0 bridgehead atoms. The molecule has 1 saturated heterocycles. The van der Waals surface area contributed by atoms with Gasteiger partial charge in [0.2, 0.25) is 0 Å². The number of rotatable bonds is 4. The highest BCUT2D eigenvalue weighted by atomic mass is 16.5. The van der Waals surface area contributed by atoms with E-state index in [-0.39, 0.29) is 18.0 Å². The van der Waals surface area contributed by atoms with E-state index in [0.717, 1.165) is 12.8 Å². The Bertz CT molecular complexity index is 482. The van der Waals surface area contributed by atoms with Crippen LogP contribution >= 0.6 is 0 Å². The highest BCUT2D eigenvalue weighted by molar-refractivity contribution is 5.99. The molecule has 1 aliphatic rings. The predicted molar refractivity (Wildman–Crippen MR) is 82.1 cm³/mol. The number of hydrogen-bond acceptors (Lipinski definition) is 4. The summed E-state index contributed by atoms with van der Waals surface area (Å²) in [5.74, 6) is 0.894. The predicted octanol–water partition coefficient (Wildman–Crippen LogP) is 1.96. The average Bonchev–Trinajstić information content (AvgIpc) is 2.49. The van der Waals surface area contributed by atoms with Gasteiger partial charge in [0.05, 0.1) is 14.2 Å². The lowest BCUT2D eigenvalue weighted by molar-refractivity contribution is 0.0908. The smallest absolute Gasteiger partial charge is 0.259 e. The SMILES string of the molecule is COc1cccc(OC)c1C(=O)NC1CCC(C)NC1C. The van der Waals surface area contributed by atoms with Gasteiger partial charge in [0, 0.05) is 18.1 Å². The fraction of sp³-hybridized carbons (Fsp3) is 0.562. The van der Waals surface area contributed by atoms with Gasteiger partial charge in [-0.3, -0.25) is 4.79 Å². The van der Waals surface area contributed by atoms with Crippen molar-refractivity contribution in [3.05, 3.63) is 23.8 Å². The van der Waals surface area contributed by atoms with Gasteiger partial charge < -0.3 is 20.1 Å². The molecule has 116 valence electrons. The van der Waals surface area contributed by atoms with Crippen LogP contribution < -0.4 is 20.1 Å². The van der Waals surface area contributed by atoms with Crippen LogP contribution in [0.5, 0.6) is 11.5 Å². The van der Waals surface area contributed by atoms with Crippen molar-refractivity contribution in [3.8, 4) is 11.5 Å². The number of carbonyl (C=O) groups excluding carboxylic acids is 1. The topological polar surface area (TPSA) is 59.6 Å². The van der Waals surface area contributed by atoms with E-state index in [4.69, 9.17) is 9.47 Å². The number of amides is 1. The van der Waals surface area contributed by atoms with Crippen LogP contribution in [0.4, 0.5) is 0 Å². The minimum Gasteiger partial charge on any atom is -0.496 e. The lowest BCUT2D eigenvalue weighted by Crippen LogP contribution is -2.54. The Morgan fingerprint density at radius 2 is 1.81 bits per heavy atom. The third kappa shape index (κ3) is 3.47. The van der Waals surface area contributed by atoms with E-state index in [0.29, 0.717) is 23.1 Å². The molecule has 0 radical (unpaired) electrons. The van der Waals surface area contributed by atoms with E-state index in [2.05, 4.69) is 24.5 Å². The van der Waals surface area contributed by atoms with Crippen molar-refractivity contribution in [2.24, 2.45) is 0 Å². The Labute approximate surface area is 126 Å². The van der Waals surface area contributed by atoms with Crippen LogP contribution in [-0.2, 0) is 0 Å². The minimum atomic E-state index is -0.155. The summed E-state index contributed by atoms with van der Waals surface area (Å²) in [5.41, 5.74) is 0.452. The normalized spacial score (nSPS) is 25.2. The number of piperidine rings is 1. The highest BCUT2D eigenvalue weighted by Gasteiger charge is 2.28. The molecule has 1 amide bonds. The molecule has 5 nitrogen and oxygen atoms in total. The lowest BCUT2D eigenvalue weighted by atomic mass is 9.95. The molecule has 1 fully saturated rings. The zero-order valence-corrected chi connectivity index (χ0v) is 13.1. The van der Waals surface area contributed by atoms with Gasteiger partial charge in [-0.2, -0.15) is 0 Å². The van der Waals surface area contributed by atoms with Gasteiger partial charge in [-0.25, -0.2) is 0 Å². The minimum absolute atomic E-state index is 0.114. The Hall–Kier alpha value is -1.75. The summed E-state index contributed by atoms with van der Waals surface area (Å²) in [6.07, 6.45) is 2.02. The Kier molecular flexibility index (Phi) is 5.07. The number of methoxy groups -OCH3 is 2. The quantitative estimate of drug-likeness (QED) is 0.890. The highest BCUT2D eigenvalue weighted by Crippen LogP contribution is 2.28. The summed E-state index contributed by atoms with van der Waals surface area (Å²) in [6.45, 7) is 4.26. The summed E-state index contributed by atoms with van der Waals surface area (Å²) < 4.78 is 10.6. The lowest BCUT2D eigenvalue weighted by Gasteiger charge is -2.34. The number of ether oxygens (including phenoxy) is 2. The molecule has 1 aliphatic heterocycles. The Balaban J connectivity index is 2.17. The van der Waals surface area contributed by atoms with Crippen LogP contribution in [0.3, 0.4) is 0 Å². The summed E-state index contributed by atoms with van der Waals surface area (Å²) in [7, 11) is 3.11. The third-order valence-corrected chi connectivity index (χ3v) is 4.03. The molecule has 1 aromatic rings. The van der Waals surface area contributed by atoms with Gasteiger partial charge in [-0.05, 0) is 38.8 Å².